The minimum Gasteiger partial charge on any atom is -0.490 e. The number of hydrogen-bond donors (Lipinski definition) is 2. The molecule has 27 heavy (non-hydrogen) atoms. The number of H-pyrrole nitrogens is 1. The first kappa shape index (κ1) is 19.2. The molecule has 9 heteroatoms. The lowest BCUT2D eigenvalue weighted by molar-refractivity contribution is -0.121. The van der Waals surface area contributed by atoms with Gasteiger partial charge in [-0.3, -0.25) is 14.5 Å². The third kappa shape index (κ3) is 5.24. The molecule has 0 unspecified atom stereocenters. The summed E-state index contributed by atoms with van der Waals surface area (Å²) < 4.78 is 21.1. The van der Waals surface area contributed by atoms with Crippen molar-refractivity contribution in [2.75, 3.05) is 13.2 Å². The van der Waals surface area contributed by atoms with Gasteiger partial charge in [0.2, 0.25) is 5.91 Å². The zero-order valence-corrected chi connectivity index (χ0v) is 16.1. The van der Waals surface area contributed by atoms with Gasteiger partial charge in [0.05, 0.1) is 11.5 Å². The summed E-state index contributed by atoms with van der Waals surface area (Å²) in [5.41, 5.74) is 0. The molecule has 2 heterocycles. The quantitative estimate of drug-likeness (QED) is 0.419. The summed E-state index contributed by atoms with van der Waals surface area (Å²) in [7, 11) is 0. The van der Waals surface area contributed by atoms with E-state index in [-0.39, 0.29) is 17.5 Å². The van der Waals surface area contributed by atoms with Crippen LogP contribution in [0, 0.1) is 10.6 Å². The highest BCUT2D eigenvalue weighted by atomic mass is 32.1. The third-order valence-electron chi connectivity index (χ3n) is 3.80. The van der Waals surface area contributed by atoms with Gasteiger partial charge < -0.3 is 10.1 Å². The number of para-hydroxylation sites is 1. The van der Waals surface area contributed by atoms with E-state index in [0.717, 1.165) is 10.7 Å². The fraction of sp³-hybridized carbons (Fsp3) is 0.278. The monoisotopic (exact) mass is 406 g/mol. The van der Waals surface area contributed by atoms with Gasteiger partial charge in [-0.05, 0) is 42.2 Å². The van der Waals surface area contributed by atoms with Gasteiger partial charge in [-0.15, -0.1) is 11.3 Å². The second-order valence-electron chi connectivity index (χ2n) is 5.71. The number of carbonyl (C=O) groups excluding carboxylic acids is 1. The number of benzene rings is 1. The summed E-state index contributed by atoms with van der Waals surface area (Å²) in [5.74, 6) is 0.487. The van der Waals surface area contributed by atoms with E-state index in [1.165, 1.54) is 6.07 Å². The molecule has 0 aliphatic carbocycles. The summed E-state index contributed by atoms with van der Waals surface area (Å²) >= 11 is 6.81. The van der Waals surface area contributed by atoms with Gasteiger partial charge in [0.1, 0.15) is 0 Å². The van der Waals surface area contributed by atoms with E-state index in [1.807, 2.05) is 22.1 Å². The molecule has 0 bridgehead atoms. The summed E-state index contributed by atoms with van der Waals surface area (Å²) in [6.07, 6.45) is 0.881. The number of carbonyl (C=O) groups is 1. The summed E-state index contributed by atoms with van der Waals surface area (Å²) in [6, 6.07) is 10.2. The fourth-order valence-corrected chi connectivity index (χ4v) is 3.41. The van der Waals surface area contributed by atoms with Crippen LogP contribution in [-0.4, -0.2) is 33.8 Å². The molecular formula is C18H19FN4O2S2. The van der Waals surface area contributed by atoms with Gasteiger partial charge in [0.15, 0.2) is 22.2 Å². The van der Waals surface area contributed by atoms with E-state index >= 15 is 0 Å². The van der Waals surface area contributed by atoms with Crippen molar-refractivity contribution in [2.45, 2.75) is 19.4 Å². The highest BCUT2D eigenvalue weighted by molar-refractivity contribution is 7.71. The second-order valence-corrected chi connectivity index (χ2v) is 7.05. The maximum Gasteiger partial charge on any atom is 0.221 e. The van der Waals surface area contributed by atoms with Crippen molar-refractivity contribution in [3.8, 4) is 16.5 Å². The van der Waals surface area contributed by atoms with Gasteiger partial charge in [-0.2, -0.15) is 5.10 Å². The molecule has 0 atom stereocenters. The number of ether oxygens (including phenoxy) is 1. The number of halogens is 1. The minimum atomic E-state index is -0.389. The van der Waals surface area contributed by atoms with E-state index in [9.17, 15) is 9.18 Å². The van der Waals surface area contributed by atoms with Gasteiger partial charge in [-0.25, -0.2) is 4.39 Å². The Hall–Kier alpha value is -2.52. The molecular weight excluding hydrogens is 387 g/mol. The Bertz CT molecular complexity index is 937. The van der Waals surface area contributed by atoms with Crippen LogP contribution in [0.5, 0.6) is 5.75 Å². The van der Waals surface area contributed by atoms with E-state index in [2.05, 4.69) is 15.5 Å². The molecule has 0 spiro atoms. The number of aromatic nitrogens is 3. The van der Waals surface area contributed by atoms with Crippen LogP contribution in [0.2, 0.25) is 0 Å². The predicted molar refractivity (Wildman–Crippen MR) is 105 cm³/mol. The molecule has 2 N–H and O–H groups in total. The number of rotatable bonds is 9. The zero-order chi connectivity index (χ0) is 19.1. The molecule has 0 saturated heterocycles. The normalized spacial score (nSPS) is 10.7. The third-order valence-corrected chi connectivity index (χ3v) is 4.98. The lowest BCUT2D eigenvalue weighted by Gasteiger charge is -2.09. The van der Waals surface area contributed by atoms with Gasteiger partial charge >= 0.3 is 0 Å². The van der Waals surface area contributed by atoms with Crippen molar-refractivity contribution >= 4 is 29.5 Å². The van der Waals surface area contributed by atoms with Crippen LogP contribution in [0.3, 0.4) is 0 Å². The lowest BCUT2D eigenvalue weighted by Crippen LogP contribution is -2.26. The highest BCUT2D eigenvalue weighted by Crippen LogP contribution is 2.22. The molecule has 0 fully saturated rings. The van der Waals surface area contributed by atoms with Crippen LogP contribution in [0.4, 0.5) is 4.39 Å². The molecule has 6 nitrogen and oxygen atoms in total. The first-order valence-electron chi connectivity index (χ1n) is 8.48. The summed E-state index contributed by atoms with van der Waals surface area (Å²) in [6.45, 7) is 1.23. The highest BCUT2D eigenvalue weighted by Gasteiger charge is 2.11. The first-order chi connectivity index (χ1) is 13.1. The summed E-state index contributed by atoms with van der Waals surface area (Å²) in [4.78, 5) is 13.0. The predicted octanol–water partition coefficient (Wildman–Crippen LogP) is 3.78. The molecule has 3 rings (SSSR count). The lowest BCUT2D eigenvalue weighted by atomic mass is 10.3. The smallest absolute Gasteiger partial charge is 0.221 e. The van der Waals surface area contributed by atoms with Crippen molar-refractivity contribution in [3.05, 3.63) is 52.4 Å². The van der Waals surface area contributed by atoms with Crippen LogP contribution in [0.1, 0.15) is 12.8 Å². The number of nitrogens with one attached hydrogen (secondary N) is 2. The number of amides is 1. The molecule has 142 valence electrons. The molecule has 2 aromatic heterocycles. The topological polar surface area (TPSA) is 71.9 Å². The van der Waals surface area contributed by atoms with Crippen molar-refractivity contribution < 1.29 is 13.9 Å². The van der Waals surface area contributed by atoms with Crippen molar-refractivity contribution in [1.29, 1.82) is 0 Å². The number of nitrogens with zero attached hydrogens (tertiary/aromatic N) is 2. The van der Waals surface area contributed by atoms with Gasteiger partial charge in [0.25, 0.3) is 0 Å². The maximum absolute atomic E-state index is 13.4. The Labute approximate surface area is 165 Å². The van der Waals surface area contributed by atoms with E-state index in [1.54, 1.807) is 29.5 Å². The molecule has 1 aromatic carbocycles. The van der Waals surface area contributed by atoms with Crippen LogP contribution in [-0.2, 0) is 11.3 Å². The standard InChI is InChI=1S/C18H19FN4O2S2/c19-13-5-1-2-6-14(13)25-11-4-9-20-16(24)8-10-23-17(21-22-18(23)26)15-7-3-12-27-15/h1-3,5-7,12H,4,8-11H2,(H,20,24)(H,22,26). The van der Waals surface area contributed by atoms with E-state index in [0.29, 0.717) is 37.3 Å². The molecule has 0 saturated carbocycles. The number of aromatic amines is 1. The zero-order valence-electron chi connectivity index (χ0n) is 14.5. The molecule has 3 aromatic rings. The molecule has 1 amide bonds. The summed E-state index contributed by atoms with van der Waals surface area (Å²) in [5, 5.41) is 11.8. The Kier molecular flexibility index (Phi) is 6.72. The molecule has 0 radical (unpaired) electrons. The van der Waals surface area contributed by atoms with Crippen molar-refractivity contribution in [2.24, 2.45) is 0 Å². The van der Waals surface area contributed by atoms with E-state index in [4.69, 9.17) is 17.0 Å². The Morgan fingerprint density at radius 1 is 1.33 bits per heavy atom. The average Bonchev–Trinajstić information content (AvgIpc) is 3.31. The Morgan fingerprint density at radius 3 is 2.96 bits per heavy atom. The number of thiophene rings is 1. The van der Waals surface area contributed by atoms with Gasteiger partial charge in [0, 0.05) is 19.5 Å². The SMILES string of the molecule is O=C(CCn1c(-c2cccs2)n[nH]c1=S)NCCCOc1ccccc1F. The minimum absolute atomic E-state index is 0.0823. The molecule has 0 aliphatic heterocycles. The van der Waals surface area contributed by atoms with Crippen LogP contribution in [0.25, 0.3) is 10.7 Å². The van der Waals surface area contributed by atoms with E-state index < -0.39 is 0 Å². The van der Waals surface area contributed by atoms with Crippen molar-refractivity contribution in [3.63, 3.8) is 0 Å². The maximum atomic E-state index is 13.4. The largest absolute Gasteiger partial charge is 0.490 e. The fourth-order valence-electron chi connectivity index (χ4n) is 2.46. The van der Waals surface area contributed by atoms with Crippen LogP contribution < -0.4 is 10.1 Å². The van der Waals surface area contributed by atoms with Gasteiger partial charge in [-0.1, -0.05) is 18.2 Å². The second kappa shape index (κ2) is 9.43. The Morgan fingerprint density at radius 2 is 2.19 bits per heavy atom. The first-order valence-corrected chi connectivity index (χ1v) is 9.77. The molecule has 0 aliphatic rings. The average molecular weight is 407 g/mol. The van der Waals surface area contributed by atoms with Crippen LogP contribution >= 0.6 is 23.6 Å². The Balaban J connectivity index is 1.40. The van der Waals surface area contributed by atoms with Crippen molar-refractivity contribution in [1.82, 2.24) is 20.1 Å². The van der Waals surface area contributed by atoms with Crippen LogP contribution in [0.15, 0.2) is 41.8 Å². The number of hydrogen-bond acceptors (Lipinski definition) is 5.